The summed E-state index contributed by atoms with van der Waals surface area (Å²) in [6.07, 6.45) is -0.933. The van der Waals surface area contributed by atoms with Crippen LogP contribution in [0.5, 0.6) is 0 Å². The third-order valence-electron chi connectivity index (χ3n) is 2.68. The lowest BCUT2D eigenvalue weighted by Gasteiger charge is -2.26. The summed E-state index contributed by atoms with van der Waals surface area (Å²) in [7, 11) is 0. The van der Waals surface area contributed by atoms with Crippen LogP contribution in [0.1, 0.15) is 25.5 Å². The molecule has 0 saturated carbocycles. The fourth-order valence-corrected chi connectivity index (χ4v) is 1.83. The maximum atomic E-state index is 11.2. The summed E-state index contributed by atoms with van der Waals surface area (Å²) in [5.74, 6) is -0.990. The van der Waals surface area contributed by atoms with Crippen LogP contribution in [0, 0.1) is 10.1 Å². The van der Waals surface area contributed by atoms with Gasteiger partial charge in [0.1, 0.15) is 6.10 Å². The Hall–Kier alpha value is -2.48. The number of hydrogen-bond acceptors (Lipinski definition) is 6. The molecule has 1 aromatic carbocycles. The summed E-state index contributed by atoms with van der Waals surface area (Å²) in [6.45, 7) is 2.01. The number of nitrogens with zero attached hydrogens (tertiary/aromatic N) is 1. The average molecular weight is 296 g/mol. The largest absolute Gasteiger partial charge is 0.455 e. The van der Waals surface area contributed by atoms with Crippen LogP contribution >= 0.6 is 0 Å². The van der Waals surface area contributed by atoms with Crippen molar-refractivity contribution in [2.75, 3.05) is 6.61 Å². The third kappa shape index (κ3) is 4.84. The number of esters is 1. The number of aliphatic hydroxyl groups is 1. The predicted molar refractivity (Wildman–Crippen MR) is 72.3 cm³/mol. The Balaban J connectivity index is 3.07. The second-order valence-corrected chi connectivity index (χ2v) is 4.37. The highest BCUT2D eigenvalue weighted by Crippen LogP contribution is 2.24. The van der Waals surface area contributed by atoms with E-state index in [1.54, 1.807) is 0 Å². The van der Waals surface area contributed by atoms with Gasteiger partial charge in [0.2, 0.25) is 5.91 Å². The van der Waals surface area contributed by atoms with Gasteiger partial charge in [0, 0.05) is 26.0 Å². The van der Waals surface area contributed by atoms with E-state index in [-0.39, 0.29) is 5.69 Å². The first-order chi connectivity index (χ1) is 9.85. The molecule has 21 heavy (non-hydrogen) atoms. The monoisotopic (exact) mass is 296 g/mol. The van der Waals surface area contributed by atoms with Crippen LogP contribution in [0.4, 0.5) is 5.69 Å². The molecule has 0 aliphatic carbocycles. The number of nitrogens with one attached hydrogen (secondary N) is 1. The number of hydrogen-bond donors (Lipinski definition) is 2. The van der Waals surface area contributed by atoms with Crippen molar-refractivity contribution in [3.63, 3.8) is 0 Å². The van der Waals surface area contributed by atoms with Crippen molar-refractivity contribution in [3.8, 4) is 0 Å². The lowest BCUT2D eigenvalue weighted by molar-refractivity contribution is -0.384. The fourth-order valence-electron chi connectivity index (χ4n) is 1.83. The van der Waals surface area contributed by atoms with Gasteiger partial charge in [-0.3, -0.25) is 19.7 Å². The number of benzene rings is 1. The quantitative estimate of drug-likeness (QED) is 0.453. The van der Waals surface area contributed by atoms with Gasteiger partial charge in [-0.1, -0.05) is 0 Å². The zero-order valence-corrected chi connectivity index (χ0v) is 11.6. The molecule has 0 bridgehead atoms. The van der Waals surface area contributed by atoms with Crippen molar-refractivity contribution in [1.82, 2.24) is 5.32 Å². The van der Waals surface area contributed by atoms with Crippen molar-refractivity contribution in [2.24, 2.45) is 0 Å². The van der Waals surface area contributed by atoms with E-state index in [0.29, 0.717) is 5.56 Å². The van der Waals surface area contributed by atoms with E-state index in [1.165, 1.54) is 38.1 Å². The van der Waals surface area contributed by atoms with Gasteiger partial charge >= 0.3 is 5.97 Å². The van der Waals surface area contributed by atoms with Crippen LogP contribution in [0.15, 0.2) is 24.3 Å². The fraction of sp³-hybridized carbons (Fsp3) is 0.385. The topological polar surface area (TPSA) is 119 Å². The van der Waals surface area contributed by atoms with Crippen LogP contribution in [-0.2, 0) is 14.3 Å². The van der Waals surface area contributed by atoms with E-state index in [9.17, 15) is 24.8 Å². The van der Waals surface area contributed by atoms with Gasteiger partial charge in [0.25, 0.3) is 5.69 Å². The molecule has 114 valence electrons. The molecule has 1 aromatic rings. The normalized spacial score (nSPS) is 13.1. The lowest BCUT2D eigenvalue weighted by atomic mass is 10.0. The Labute approximate surface area is 120 Å². The highest BCUT2D eigenvalue weighted by molar-refractivity contribution is 5.73. The number of rotatable bonds is 6. The van der Waals surface area contributed by atoms with Gasteiger partial charge in [-0.15, -0.1) is 0 Å². The van der Waals surface area contributed by atoms with E-state index in [0.717, 1.165) is 0 Å². The summed E-state index contributed by atoms with van der Waals surface area (Å²) >= 11 is 0. The molecular weight excluding hydrogens is 280 g/mol. The van der Waals surface area contributed by atoms with Gasteiger partial charge in [-0.05, 0) is 17.7 Å². The number of aliphatic hydroxyl groups excluding tert-OH is 1. The Morgan fingerprint density at radius 2 is 1.90 bits per heavy atom. The van der Waals surface area contributed by atoms with E-state index >= 15 is 0 Å². The minimum atomic E-state index is -0.933. The highest BCUT2D eigenvalue weighted by Gasteiger charge is 2.26. The zero-order valence-electron chi connectivity index (χ0n) is 11.6. The Bertz CT molecular complexity index is 528. The molecule has 0 spiro atoms. The maximum absolute atomic E-state index is 11.2. The third-order valence-corrected chi connectivity index (χ3v) is 2.68. The number of carbonyl (C=O) groups is 2. The van der Waals surface area contributed by atoms with E-state index in [1.807, 2.05) is 0 Å². The summed E-state index contributed by atoms with van der Waals surface area (Å²) < 4.78 is 5.11. The first-order valence-corrected chi connectivity index (χ1v) is 6.14. The number of nitro groups is 1. The first-order valence-electron chi connectivity index (χ1n) is 6.14. The van der Waals surface area contributed by atoms with Crippen LogP contribution < -0.4 is 5.32 Å². The smallest absolute Gasteiger partial charge is 0.303 e. The number of amides is 1. The van der Waals surface area contributed by atoms with Gasteiger partial charge in [0.05, 0.1) is 17.6 Å². The molecular formula is C13H16N2O6. The molecule has 0 aliphatic heterocycles. The molecule has 1 rings (SSSR count). The predicted octanol–water partition coefficient (Wildman–Crippen LogP) is 0.696. The summed E-state index contributed by atoms with van der Waals surface area (Å²) in [5.41, 5.74) is 0.323. The molecule has 0 heterocycles. The molecule has 2 N–H and O–H groups in total. The molecule has 1 amide bonds. The first kappa shape index (κ1) is 16.6. The molecule has 2 unspecified atom stereocenters. The van der Waals surface area contributed by atoms with Crippen molar-refractivity contribution < 1.29 is 24.4 Å². The van der Waals surface area contributed by atoms with Crippen molar-refractivity contribution in [2.45, 2.75) is 26.0 Å². The summed E-state index contributed by atoms with van der Waals surface area (Å²) in [4.78, 5) is 32.4. The number of ether oxygens (including phenoxy) is 1. The van der Waals surface area contributed by atoms with Gasteiger partial charge in [-0.2, -0.15) is 0 Å². The molecule has 0 saturated heterocycles. The van der Waals surface area contributed by atoms with Crippen molar-refractivity contribution in [3.05, 3.63) is 39.9 Å². The zero-order chi connectivity index (χ0) is 16.0. The SMILES string of the molecule is CC(=O)NC(CO)C(OC(C)=O)c1ccc([N+](=O)[O-])cc1. The second kappa shape index (κ2) is 7.34. The number of non-ortho nitro benzene ring substituents is 1. The van der Waals surface area contributed by atoms with Gasteiger partial charge in [0.15, 0.2) is 0 Å². The number of carbonyl (C=O) groups excluding carboxylic acids is 2. The van der Waals surface area contributed by atoms with Gasteiger partial charge < -0.3 is 15.2 Å². The number of nitro benzene ring substituents is 1. The summed E-state index contributed by atoms with van der Waals surface area (Å²) in [6, 6.07) is 4.50. The van der Waals surface area contributed by atoms with E-state index < -0.39 is 35.6 Å². The highest BCUT2D eigenvalue weighted by atomic mass is 16.6. The van der Waals surface area contributed by atoms with Crippen LogP contribution in [0.25, 0.3) is 0 Å². The van der Waals surface area contributed by atoms with E-state index in [2.05, 4.69) is 5.32 Å². The average Bonchev–Trinajstić information content (AvgIpc) is 2.42. The van der Waals surface area contributed by atoms with E-state index in [4.69, 9.17) is 4.74 Å². The molecule has 2 atom stereocenters. The Morgan fingerprint density at radius 1 is 1.33 bits per heavy atom. The van der Waals surface area contributed by atoms with Crippen LogP contribution in [-0.4, -0.2) is 34.6 Å². The lowest BCUT2D eigenvalue weighted by Crippen LogP contribution is -2.42. The second-order valence-electron chi connectivity index (χ2n) is 4.37. The van der Waals surface area contributed by atoms with Gasteiger partial charge in [-0.25, -0.2) is 0 Å². The standard InChI is InChI=1S/C13H16N2O6/c1-8(17)14-12(7-16)13(21-9(2)18)10-3-5-11(6-4-10)15(19)20/h3-6,12-13,16H,7H2,1-2H3,(H,14,17). The van der Waals surface area contributed by atoms with Crippen LogP contribution in [0.2, 0.25) is 0 Å². The maximum Gasteiger partial charge on any atom is 0.303 e. The molecule has 8 heteroatoms. The molecule has 0 fully saturated rings. The Morgan fingerprint density at radius 3 is 2.29 bits per heavy atom. The van der Waals surface area contributed by atoms with Crippen LogP contribution in [0.3, 0.4) is 0 Å². The summed E-state index contributed by atoms with van der Waals surface area (Å²) in [5, 5.41) is 22.4. The Kier molecular flexibility index (Phi) is 5.79. The molecule has 8 nitrogen and oxygen atoms in total. The minimum Gasteiger partial charge on any atom is -0.455 e. The minimum absolute atomic E-state index is 0.111. The van der Waals surface area contributed by atoms with Crippen molar-refractivity contribution in [1.29, 1.82) is 0 Å². The molecule has 0 radical (unpaired) electrons. The molecule has 0 aliphatic rings. The molecule has 0 aromatic heterocycles. The van der Waals surface area contributed by atoms with Crippen molar-refractivity contribution >= 4 is 17.6 Å².